The SMILES string of the molecule is C[N+]1(C)CC(=C(c2cccs2)c2cccs2)CC(O)C1. The number of hydrogen-bond donors (Lipinski definition) is 1. The summed E-state index contributed by atoms with van der Waals surface area (Å²) in [6.45, 7) is 1.86. The molecular formula is C16H20NOS2+. The van der Waals surface area contributed by atoms with Crippen molar-refractivity contribution >= 4 is 28.2 Å². The zero-order chi connectivity index (χ0) is 14.2. The molecule has 1 saturated heterocycles. The molecule has 0 aliphatic carbocycles. The first-order valence-electron chi connectivity index (χ1n) is 6.85. The van der Waals surface area contributed by atoms with E-state index in [-0.39, 0.29) is 6.10 Å². The average Bonchev–Trinajstić information content (AvgIpc) is 2.99. The van der Waals surface area contributed by atoms with Crippen LogP contribution in [0, 0.1) is 0 Å². The molecule has 2 aromatic heterocycles. The third kappa shape index (κ3) is 2.88. The number of hydrogen-bond acceptors (Lipinski definition) is 3. The number of aliphatic hydroxyl groups excluding tert-OH is 1. The molecule has 1 N–H and O–H groups in total. The Labute approximate surface area is 128 Å². The van der Waals surface area contributed by atoms with E-state index in [1.165, 1.54) is 20.9 Å². The smallest absolute Gasteiger partial charge is 0.107 e. The normalized spacial score (nSPS) is 21.9. The van der Waals surface area contributed by atoms with Gasteiger partial charge in [-0.05, 0) is 28.5 Å². The van der Waals surface area contributed by atoms with Crippen molar-refractivity contribution in [3.8, 4) is 0 Å². The number of rotatable bonds is 2. The summed E-state index contributed by atoms with van der Waals surface area (Å²) in [4.78, 5) is 2.63. The van der Waals surface area contributed by atoms with Gasteiger partial charge in [0.2, 0.25) is 0 Å². The van der Waals surface area contributed by atoms with Crippen LogP contribution in [0.4, 0.5) is 0 Å². The first kappa shape index (κ1) is 14.0. The van der Waals surface area contributed by atoms with Crippen LogP contribution in [0.1, 0.15) is 16.2 Å². The molecular weight excluding hydrogens is 286 g/mol. The molecule has 1 aliphatic heterocycles. The van der Waals surface area contributed by atoms with Gasteiger partial charge in [0.05, 0.1) is 14.1 Å². The van der Waals surface area contributed by atoms with Gasteiger partial charge in [-0.3, -0.25) is 0 Å². The Morgan fingerprint density at radius 1 is 1.15 bits per heavy atom. The number of thiophene rings is 2. The standard InChI is InChI=1S/C16H20NOS2/c1-17(2)10-12(9-13(18)11-17)16(14-5-3-7-19-14)15-6-4-8-20-15/h3-8,13,18H,9-11H2,1-2H3/q+1. The third-order valence-corrected chi connectivity index (χ3v) is 5.47. The second-order valence-electron chi connectivity index (χ2n) is 6.07. The van der Waals surface area contributed by atoms with Crippen LogP contribution < -0.4 is 0 Å². The number of nitrogens with zero attached hydrogens (tertiary/aromatic N) is 1. The minimum absolute atomic E-state index is 0.233. The molecule has 0 bridgehead atoms. The van der Waals surface area contributed by atoms with Gasteiger partial charge in [0.15, 0.2) is 0 Å². The maximum Gasteiger partial charge on any atom is 0.107 e. The van der Waals surface area contributed by atoms with E-state index >= 15 is 0 Å². The monoisotopic (exact) mass is 306 g/mol. The molecule has 3 heterocycles. The highest BCUT2D eigenvalue weighted by Crippen LogP contribution is 2.36. The summed E-state index contributed by atoms with van der Waals surface area (Å²) < 4.78 is 0.858. The molecule has 1 aliphatic rings. The number of quaternary nitrogens is 1. The van der Waals surface area contributed by atoms with Crippen molar-refractivity contribution in [2.75, 3.05) is 27.2 Å². The molecule has 0 spiro atoms. The highest BCUT2D eigenvalue weighted by molar-refractivity contribution is 7.13. The molecule has 20 heavy (non-hydrogen) atoms. The van der Waals surface area contributed by atoms with Crippen molar-refractivity contribution in [1.29, 1.82) is 0 Å². The van der Waals surface area contributed by atoms with E-state index in [0.29, 0.717) is 0 Å². The van der Waals surface area contributed by atoms with Crippen LogP contribution in [-0.4, -0.2) is 42.9 Å². The largest absolute Gasteiger partial charge is 0.387 e. The Balaban J connectivity index is 2.11. The number of likely N-dealkylation sites (N-methyl/N-ethyl adjacent to an activating group) is 1. The van der Waals surface area contributed by atoms with E-state index in [9.17, 15) is 5.11 Å². The predicted octanol–water partition coefficient (Wildman–Crippen LogP) is 3.45. The lowest BCUT2D eigenvalue weighted by Gasteiger charge is -2.38. The summed E-state index contributed by atoms with van der Waals surface area (Å²) in [5.74, 6) is 0. The quantitative estimate of drug-likeness (QED) is 0.843. The van der Waals surface area contributed by atoms with Crippen molar-refractivity contribution < 1.29 is 9.59 Å². The summed E-state index contributed by atoms with van der Waals surface area (Å²) in [5.41, 5.74) is 2.73. The summed E-state index contributed by atoms with van der Waals surface area (Å²) in [5, 5.41) is 14.5. The minimum atomic E-state index is -0.233. The lowest BCUT2D eigenvalue weighted by Crippen LogP contribution is -2.50. The fourth-order valence-corrected chi connectivity index (χ4v) is 4.79. The van der Waals surface area contributed by atoms with Gasteiger partial charge < -0.3 is 9.59 Å². The number of likely N-dealkylation sites (tertiary alicyclic amines) is 1. The Morgan fingerprint density at radius 3 is 2.20 bits per heavy atom. The second-order valence-corrected chi connectivity index (χ2v) is 7.96. The highest BCUT2D eigenvalue weighted by atomic mass is 32.1. The topological polar surface area (TPSA) is 20.2 Å². The van der Waals surface area contributed by atoms with E-state index in [1.807, 2.05) is 0 Å². The Kier molecular flexibility index (Phi) is 3.82. The molecule has 4 heteroatoms. The lowest BCUT2D eigenvalue weighted by molar-refractivity contribution is -0.892. The van der Waals surface area contributed by atoms with Crippen LogP contribution in [-0.2, 0) is 0 Å². The van der Waals surface area contributed by atoms with E-state index in [1.54, 1.807) is 22.7 Å². The van der Waals surface area contributed by atoms with Crippen LogP contribution in [0.25, 0.3) is 5.57 Å². The Morgan fingerprint density at radius 2 is 1.75 bits per heavy atom. The van der Waals surface area contributed by atoms with Crippen molar-refractivity contribution in [3.05, 3.63) is 50.4 Å². The second kappa shape index (κ2) is 5.45. The van der Waals surface area contributed by atoms with E-state index in [2.05, 4.69) is 49.1 Å². The third-order valence-electron chi connectivity index (χ3n) is 3.69. The van der Waals surface area contributed by atoms with Crippen LogP contribution in [0.3, 0.4) is 0 Å². The van der Waals surface area contributed by atoms with E-state index in [4.69, 9.17) is 0 Å². The van der Waals surface area contributed by atoms with Gasteiger partial charge in [-0.1, -0.05) is 12.1 Å². The number of piperidine rings is 1. The van der Waals surface area contributed by atoms with Gasteiger partial charge in [-0.2, -0.15) is 0 Å². The van der Waals surface area contributed by atoms with Gasteiger partial charge in [0.1, 0.15) is 19.2 Å². The minimum Gasteiger partial charge on any atom is -0.387 e. The van der Waals surface area contributed by atoms with Crippen LogP contribution >= 0.6 is 22.7 Å². The van der Waals surface area contributed by atoms with Crippen molar-refractivity contribution in [1.82, 2.24) is 0 Å². The molecule has 106 valence electrons. The Bertz CT molecular complexity index is 560. The maximum atomic E-state index is 10.2. The van der Waals surface area contributed by atoms with Crippen molar-refractivity contribution in [3.63, 3.8) is 0 Å². The molecule has 1 atom stereocenters. The number of aliphatic hydroxyl groups is 1. The summed E-state index contributed by atoms with van der Waals surface area (Å²) >= 11 is 3.57. The van der Waals surface area contributed by atoms with Crippen LogP contribution in [0.5, 0.6) is 0 Å². The van der Waals surface area contributed by atoms with Crippen LogP contribution in [0.15, 0.2) is 40.6 Å². The zero-order valence-electron chi connectivity index (χ0n) is 11.9. The fraction of sp³-hybridized carbons (Fsp3) is 0.375. The van der Waals surface area contributed by atoms with Gasteiger partial charge >= 0.3 is 0 Å². The molecule has 2 aromatic rings. The average molecular weight is 306 g/mol. The van der Waals surface area contributed by atoms with Gasteiger partial charge in [0, 0.05) is 21.7 Å². The first-order chi connectivity index (χ1) is 9.55. The molecule has 0 aromatic carbocycles. The molecule has 0 radical (unpaired) electrons. The van der Waals surface area contributed by atoms with Crippen molar-refractivity contribution in [2.24, 2.45) is 0 Å². The van der Waals surface area contributed by atoms with E-state index in [0.717, 1.165) is 24.0 Å². The first-order valence-corrected chi connectivity index (χ1v) is 8.61. The molecule has 3 rings (SSSR count). The maximum absolute atomic E-state index is 10.2. The molecule has 1 fully saturated rings. The molecule has 1 unspecified atom stereocenters. The predicted molar refractivity (Wildman–Crippen MR) is 87.1 cm³/mol. The zero-order valence-corrected chi connectivity index (χ0v) is 13.5. The fourth-order valence-electron chi connectivity index (χ4n) is 3.06. The summed E-state index contributed by atoms with van der Waals surface area (Å²) in [6.07, 6.45) is 0.566. The molecule has 0 saturated carbocycles. The van der Waals surface area contributed by atoms with Crippen molar-refractivity contribution in [2.45, 2.75) is 12.5 Å². The molecule has 2 nitrogen and oxygen atoms in total. The summed E-state index contributed by atoms with van der Waals surface area (Å²) in [6, 6.07) is 8.59. The summed E-state index contributed by atoms with van der Waals surface area (Å²) in [7, 11) is 4.39. The van der Waals surface area contributed by atoms with Gasteiger partial charge in [0.25, 0.3) is 0 Å². The molecule has 0 amide bonds. The highest BCUT2D eigenvalue weighted by Gasteiger charge is 2.31. The lowest BCUT2D eigenvalue weighted by atomic mass is 9.94. The van der Waals surface area contributed by atoms with Crippen LogP contribution in [0.2, 0.25) is 0 Å². The van der Waals surface area contributed by atoms with E-state index < -0.39 is 0 Å². The van der Waals surface area contributed by atoms with Gasteiger partial charge in [-0.25, -0.2) is 0 Å². The van der Waals surface area contributed by atoms with Gasteiger partial charge in [-0.15, -0.1) is 22.7 Å². The Hall–Kier alpha value is -0.940.